The predicted molar refractivity (Wildman–Crippen MR) is 66.6 cm³/mol. The molecule has 1 saturated heterocycles. The lowest BCUT2D eigenvalue weighted by atomic mass is 10.2. The first kappa shape index (κ1) is 11.2. The van der Waals surface area contributed by atoms with Gasteiger partial charge >= 0.3 is 0 Å². The molecule has 0 bridgehead atoms. The summed E-state index contributed by atoms with van der Waals surface area (Å²) >= 11 is 11.0. The second-order valence-corrected chi connectivity index (χ2v) is 4.89. The lowest BCUT2D eigenvalue weighted by Gasteiger charge is -2.10. The van der Waals surface area contributed by atoms with Crippen LogP contribution in [-0.2, 0) is 4.74 Å². The number of hydrogen-bond acceptors (Lipinski definition) is 2. The van der Waals surface area contributed by atoms with Gasteiger partial charge in [-0.15, -0.1) is 0 Å². The number of nitrogens with one attached hydrogen (secondary N) is 1. The van der Waals surface area contributed by atoms with Crippen molar-refractivity contribution in [2.45, 2.75) is 12.5 Å². The SMILES string of the molecule is Fc1cc2c(cc1Cl)[nH]c(=S)n2C1CCOC1. The van der Waals surface area contributed by atoms with Crippen LogP contribution >= 0.6 is 23.8 Å². The van der Waals surface area contributed by atoms with E-state index in [-0.39, 0.29) is 11.1 Å². The number of rotatable bonds is 1. The van der Waals surface area contributed by atoms with Crippen LogP contribution in [0.1, 0.15) is 12.5 Å². The zero-order valence-corrected chi connectivity index (χ0v) is 10.4. The van der Waals surface area contributed by atoms with Gasteiger partial charge in [-0.3, -0.25) is 0 Å². The van der Waals surface area contributed by atoms with Gasteiger partial charge in [0.2, 0.25) is 0 Å². The van der Waals surface area contributed by atoms with E-state index in [1.165, 1.54) is 6.07 Å². The molecule has 0 radical (unpaired) electrons. The quantitative estimate of drug-likeness (QED) is 0.806. The number of hydrogen-bond donors (Lipinski definition) is 1. The Kier molecular flexibility index (Phi) is 2.69. The maximum atomic E-state index is 13.5. The molecule has 6 heteroatoms. The van der Waals surface area contributed by atoms with Gasteiger partial charge < -0.3 is 14.3 Å². The number of imidazole rings is 1. The normalized spacial score (nSPS) is 20.2. The smallest absolute Gasteiger partial charge is 0.178 e. The van der Waals surface area contributed by atoms with E-state index in [1.54, 1.807) is 6.07 Å². The van der Waals surface area contributed by atoms with Crippen LogP contribution in [0.3, 0.4) is 0 Å². The first-order chi connectivity index (χ1) is 8.16. The molecular formula is C11H10ClFN2OS. The highest BCUT2D eigenvalue weighted by molar-refractivity contribution is 7.71. The van der Waals surface area contributed by atoms with Crippen molar-refractivity contribution in [3.05, 3.63) is 27.7 Å². The number of benzene rings is 1. The summed E-state index contributed by atoms with van der Waals surface area (Å²) in [6.07, 6.45) is 0.894. The molecule has 0 saturated carbocycles. The molecule has 0 amide bonds. The Morgan fingerprint density at radius 1 is 1.53 bits per heavy atom. The van der Waals surface area contributed by atoms with Gasteiger partial charge in [0.05, 0.1) is 28.7 Å². The maximum Gasteiger partial charge on any atom is 0.178 e. The molecule has 1 aromatic carbocycles. The number of aromatic amines is 1. The minimum Gasteiger partial charge on any atom is -0.379 e. The van der Waals surface area contributed by atoms with Crippen molar-refractivity contribution in [1.82, 2.24) is 9.55 Å². The van der Waals surface area contributed by atoms with E-state index in [4.69, 9.17) is 28.6 Å². The average molecular weight is 273 g/mol. The van der Waals surface area contributed by atoms with Gasteiger partial charge in [-0.05, 0) is 24.7 Å². The van der Waals surface area contributed by atoms with E-state index in [2.05, 4.69) is 4.98 Å². The zero-order chi connectivity index (χ0) is 12.0. The van der Waals surface area contributed by atoms with Gasteiger partial charge in [-0.2, -0.15) is 0 Å². The molecule has 0 aliphatic carbocycles. The van der Waals surface area contributed by atoms with Crippen molar-refractivity contribution >= 4 is 34.9 Å². The van der Waals surface area contributed by atoms with Crippen molar-refractivity contribution in [3.8, 4) is 0 Å². The lowest BCUT2D eigenvalue weighted by Crippen LogP contribution is -2.08. The third-order valence-electron chi connectivity index (χ3n) is 3.03. The summed E-state index contributed by atoms with van der Waals surface area (Å²) in [5.74, 6) is -0.430. The van der Waals surface area contributed by atoms with E-state index in [1.807, 2.05) is 4.57 Å². The van der Waals surface area contributed by atoms with E-state index < -0.39 is 5.82 Å². The summed E-state index contributed by atoms with van der Waals surface area (Å²) in [5.41, 5.74) is 1.50. The molecule has 1 unspecified atom stereocenters. The molecule has 0 spiro atoms. The predicted octanol–water partition coefficient (Wildman–Crippen LogP) is 3.45. The summed E-state index contributed by atoms with van der Waals surface area (Å²) in [4.78, 5) is 3.04. The highest BCUT2D eigenvalue weighted by Gasteiger charge is 2.21. The molecular weight excluding hydrogens is 263 g/mol. The summed E-state index contributed by atoms with van der Waals surface area (Å²) in [6, 6.07) is 3.16. The van der Waals surface area contributed by atoms with Crippen LogP contribution < -0.4 is 0 Å². The molecule has 3 rings (SSSR count). The summed E-state index contributed by atoms with van der Waals surface area (Å²) in [5, 5.41) is 0.101. The second-order valence-electron chi connectivity index (χ2n) is 4.10. The molecule has 1 N–H and O–H groups in total. The lowest BCUT2D eigenvalue weighted by molar-refractivity contribution is 0.187. The van der Waals surface area contributed by atoms with Crippen molar-refractivity contribution in [2.75, 3.05) is 13.2 Å². The Bertz CT molecular complexity index is 630. The summed E-state index contributed by atoms with van der Waals surface area (Å²) < 4.78 is 21.3. The van der Waals surface area contributed by atoms with Crippen molar-refractivity contribution in [3.63, 3.8) is 0 Å². The second kappa shape index (κ2) is 4.08. The first-order valence-corrected chi connectivity index (χ1v) is 6.12. The Labute approximate surface area is 107 Å². The fourth-order valence-electron chi connectivity index (χ4n) is 2.21. The molecule has 17 heavy (non-hydrogen) atoms. The van der Waals surface area contributed by atoms with Crippen LogP contribution in [0.25, 0.3) is 11.0 Å². The monoisotopic (exact) mass is 272 g/mol. The van der Waals surface area contributed by atoms with Gasteiger partial charge in [0.15, 0.2) is 4.77 Å². The van der Waals surface area contributed by atoms with E-state index in [0.29, 0.717) is 11.4 Å². The van der Waals surface area contributed by atoms with Gasteiger partial charge in [0.1, 0.15) is 5.82 Å². The molecule has 2 heterocycles. The molecule has 1 atom stereocenters. The minimum atomic E-state index is -0.430. The third kappa shape index (κ3) is 1.78. The number of fused-ring (bicyclic) bond motifs is 1. The number of halogens is 2. The van der Waals surface area contributed by atoms with Crippen LogP contribution in [-0.4, -0.2) is 22.8 Å². The standard InChI is InChI=1S/C11H10ClFN2OS/c12-7-3-9-10(4-8(7)13)15(11(17)14-9)6-1-2-16-5-6/h3-4,6H,1-2,5H2,(H,14,17). The van der Waals surface area contributed by atoms with Gasteiger partial charge in [0, 0.05) is 12.7 Å². The van der Waals surface area contributed by atoms with Crippen LogP contribution in [0, 0.1) is 10.6 Å². The fraction of sp³-hybridized carbons (Fsp3) is 0.364. The molecule has 3 nitrogen and oxygen atoms in total. The van der Waals surface area contributed by atoms with Crippen molar-refractivity contribution in [2.24, 2.45) is 0 Å². The highest BCUT2D eigenvalue weighted by Crippen LogP contribution is 2.28. The highest BCUT2D eigenvalue weighted by atomic mass is 35.5. The molecule has 90 valence electrons. The van der Waals surface area contributed by atoms with Crippen LogP contribution in [0.2, 0.25) is 5.02 Å². The molecule has 1 fully saturated rings. The van der Waals surface area contributed by atoms with Crippen LogP contribution in [0.4, 0.5) is 4.39 Å². The average Bonchev–Trinajstić information content (AvgIpc) is 2.86. The minimum absolute atomic E-state index is 0.101. The fourth-order valence-corrected chi connectivity index (χ4v) is 2.73. The van der Waals surface area contributed by atoms with Crippen LogP contribution in [0.5, 0.6) is 0 Å². The topological polar surface area (TPSA) is 29.9 Å². The maximum absolute atomic E-state index is 13.5. The molecule has 1 aliphatic heterocycles. The van der Waals surface area contributed by atoms with Gasteiger partial charge in [-0.25, -0.2) is 4.39 Å². The Morgan fingerprint density at radius 2 is 2.35 bits per heavy atom. The van der Waals surface area contributed by atoms with E-state index in [9.17, 15) is 4.39 Å². The summed E-state index contributed by atoms with van der Waals surface area (Å²) in [7, 11) is 0. The number of aromatic nitrogens is 2. The van der Waals surface area contributed by atoms with Gasteiger partial charge in [0.25, 0.3) is 0 Å². The zero-order valence-electron chi connectivity index (χ0n) is 8.87. The number of H-pyrrole nitrogens is 1. The van der Waals surface area contributed by atoms with E-state index >= 15 is 0 Å². The number of nitrogens with zero attached hydrogens (tertiary/aromatic N) is 1. The molecule has 1 aromatic heterocycles. The summed E-state index contributed by atoms with van der Waals surface area (Å²) in [6.45, 7) is 1.33. The van der Waals surface area contributed by atoms with Crippen molar-refractivity contribution < 1.29 is 9.13 Å². The largest absolute Gasteiger partial charge is 0.379 e. The Hall–Kier alpha value is -0.910. The first-order valence-electron chi connectivity index (χ1n) is 5.34. The van der Waals surface area contributed by atoms with Gasteiger partial charge in [-0.1, -0.05) is 11.6 Å². The Morgan fingerprint density at radius 3 is 3.06 bits per heavy atom. The van der Waals surface area contributed by atoms with Crippen molar-refractivity contribution in [1.29, 1.82) is 0 Å². The number of ether oxygens (including phenoxy) is 1. The Balaban J connectivity index is 2.26. The molecule has 1 aliphatic rings. The van der Waals surface area contributed by atoms with Crippen LogP contribution in [0.15, 0.2) is 12.1 Å². The van der Waals surface area contributed by atoms with E-state index in [0.717, 1.165) is 24.1 Å². The molecule has 2 aromatic rings. The third-order valence-corrected chi connectivity index (χ3v) is 3.62.